The number of benzene rings is 1. The second-order valence-corrected chi connectivity index (χ2v) is 7.90. The molecular formula is C21H24N4OS. The molecule has 0 N–H and O–H groups in total. The van der Waals surface area contributed by atoms with E-state index in [1.54, 1.807) is 4.57 Å². The predicted molar refractivity (Wildman–Crippen MR) is 111 cm³/mol. The van der Waals surface area contributed by atoms with Crippen molar-refractivity contribution in [3.63, 3.8) is 0 Å². The van der Waals surface area contributed by atoms with Gasteiger partial charge in [0.1, 0.15) is 5.82 Å². The highest BCUT2D eigenvalue weighted by Crippen LogP contribution is 2.16. The first-order chi connectivity index (χ1) is 13.2. The zero-order valence-electron chi connectivity index (χ0n) is 15.5. The summed E-state index contributed by atoms with van der Waals surface area (Å²) in [5.74, 6) is 0.794. The maximum Gasteiger partial charge on any atom is 0.354 e. The molecule has 1 fully saturated rings. The first kappa shape index (κ1) is 17.9. The highest BCUT2D eigenvalue weighted by molar-refractivity contribution is 7.09. The molecular weight excluding hydrogens is 356 g/mol. The Labute approximate surface area is 163 Å². The zero-order chi connectivity index (χ0) is 18.6. The van der Waals surface area contributed by atoms with Gasteiger partial charge in [0.25, 0.3) is 0 Å². The Morgan fingerprint density at radius 1 is 1.04 bits per heavy atom. The van der Waals surface area contributed by atoms with E-state index >= 15 is 0 Å². The van der Waals surface area contributed by atoms with Crippen LogP contribution in [0.3, 0.4) is 0 Å². The molecule has 0 atom stereocenters. The van der Waals surface area contributed by atoms with Crippen molar-refractivity contribution in [2.24, 2.45) is 0 Å². The summed E-state index contributed by atoms with van der Waals surface area (Å²) in [6.45, 7) is 6.90. The fourth-order valence-electron chi connectivity index (χ4n) is 3.56. The summed E-state index contributed by atoms with van der Waals surface area (Å²) in [4.78, 5) is 23.1. The first-order valence-corrected chi connectivity index (χ1v) is 10.2. The standard InChI is InChI=1S/C21H24N4OS/c1-17-16-20(22-21(26)25(17)18-6-3-2-4-7-18)24-13-11-23(12-14-24)10-9-19-8-5-15-27-19/h2-8,15-16H,9-14H2,1H3. The van der Waals surface area contributed by atoms with Gasteiger partial charge in [0.15, 0.2) is 0 Å². The van der Waals surface area contributed by atoms with Gasteiger partial charge in [-0.15, -0.1) is 11.3 Å². The molecule has 0 amide bonds. The summed E-state index contributed by atoms with van der Waals surface area (Å²) in [5.41, 5.74) is 1.56. The molecule has 2 aromatic heterocycles. The number of piperazine rings is 1. The third kappa shape index (κ3) is 4.12. The molecule has 6 heteroatoms. The summed E-state index contributed by atoms with van der Waals surface area (Å²) >= 11 is 1.83. The van der Waals surface area contributed by atoms with E-state index in [4.69, 9.17) is 0 Å². The Morgan fingerprint density at radius 3 is 2.48 bits per heavy atom. The molecule has 0 aliphatic carbocycles. The second kappa shape index (κ2) is 8.06. The number of anilines is 1. The fourth-order valence-corrected chi connectivity index (χ4v) is 4.26. The maximum absolute atomic E-state index is 12.6. The van der Waals surface area contributed by atoms with Gasteiger partial charge in [0.05, 0.1) is 5.69 Å². The van der Waals surface area contributed by atoms with Gasteiger partial charge in [-0.1, -0.05) is 24.3 Å². The Bertz CT molecular complexity index is 929. The molecule has 1 aliphatic rings. The van der Waals surface area contributed by atoms with Gasteiger partial charge in [0.2, 0.25) is 0 Å². The van der Waals surface area contributed by atoms with Crippen LogP contribution in [0.4, 0.5) is 5.82 Å². The Kier molecular flexibility index (Phi) is 5.36. The molecule has 0 unspecified atom stereocenters. The van der Waals surface area contributed by atoms with E-state index in [2.05, 4.69) is 32.3 Å². The summed E-state index contributed by atoms with van der Waals surface area (Å²) in [5, 5.41) is 2.14. The lowest BCUT2D eigenvalue weighted by Crippen LogP contribution is -2.47. The number of nitrogens with zero attached hydrogens (tertiary/aromatic N) is 4. The minimum atomic E-state index is -0.212. The first-order valence-electron chi connectivity index (χ1n) is 9.36. The van der Waals surface area contributed by atoms with E-state index in [9.17, 15) is 4.79 Å². The van der Waals surface area contributed by atoms with Crippen LogP contribution in [0.15, 0.2) is 58.7 Å². The maximum atomic E-state index is 12.6. The topological polar surface area (TPSA) is 41.4 Å². The smallest absolute Gasteiger partial charge is 0.354 e. The van der Waals surface area contributed by atoms with Crippen LogP contribution in [-0.2, 0) is 6.42 Å². The van der Waals surface area contributed by atoms with Crippen molar-refractivity contribution in [1.82, 2.24) is 14.5 Å². The van der Waals surface area contributed by atoms with Crippen LogP contribution in [0, 0.1) is 6.92 Å². The van der Waals surface area contributed by atoms with Gasteiger partial charge in [0, 0.05) is 49.4 Å². The van der Waals surface area contributed by atoms with Gasteiger partial charge in [-0.25, -0.2) is 4.79 Å². The third-order valence-corrected chi connectivity index (χ3v) is 5.99. The van der Waals surface area contributed by atoms with Crippen molar-refractivity contribution in [1.29, 1.82) is 0 Å². The molecule has 0 bridgehead atoms. The Morgan fingerprint density at radius 2 is 1.81 bits per heavy atom. The van der Waals surface area contributed by atoms with E-state index < -0.39 is 0 Å². The van der Waals surface area contributed by atoms with Gasteiger partial charge < -0.3 is 4.90 Å². The number of thiophene rings is 1. The minimum Gasteiger partial charge on any atom is -0.354 e. The SMILES string of the molecule is Cc1cc(N2CCN(CCc3cccs3)CC2)nc(=O)n1-c1ccccc1. The molecule has 1 aliphatic heterocycles. The largest absolute Gasteiger partial charge is 0.354 e. The molecule has 140 valence electrons. The van der Waals surface area contributed by atoms with Crippen molar-refractivity contribution in [2.75, 3.05) is 37.6 Å². The molecule has 3 heterocycles. The molecule has 3 aromatic rings. The van der Waals surface area contributed by atoms with E-state index in [0.29, 0.717) is 0 Å². The van der Waals surface area contributed by atoms with Crippen molar-refractivity contribution in [3.8, 4) is 5.69 Å². The van der Waals surface area contributed by atoms with Crippen molar-refractivity contribution >= 4 is 17.2 Å². The summed E-state index contributed by atoms with van der Waals surface area (Å²) in [6, 6.07) is 16.0. The van der Waals surface area contributed by atoms with Gasteiger partial charge in [-0.2, -0.15) is 4.98 Å². The molecule has 0 saturated carbocycles. The zero-order valence-corrected chi connectivity index (χ0v) is 16.4. The number of aromatic nitrogens is 2. The van der Waals surface area contributed by atoms with Crippen LogP contribution < -0.4 is 10.6 Å². The lowest BCUT2D eigenvalue weighted by molar-refractivity contribution is 0.261. The average Bonchev–Trinajstić information content (AvgIpc) is 3.21. The van der Waals surface area contributed by atoms with E-state index in [1.165, 1.54) is 4.88 Å². The van der Waals surface area contributed by atoms with E-state index in [0.717, 1.165) is 56.3 Å². The monoisotopic (exact) mass is 380 g/mol. The van der Waals surface area contributed by atoms with E-state index in [1.807, 2.05) is 54.7 Å². The molecule has 0 spiro atoms. The quantitative estimate of drug-likeness (QED) is 0.682. The highest BCUT2D eigenvalue weighted by atomic mass is 32.1. The Hall–Kier alpha value is -2.44. The van der Waals surface area contributed by atoms with Crippen molar-refractivity contribution < 1.29 is 0 Å². The van der Waals surface area contributed by atoms with Crippen molar-refractivity contribution in [3.05, 3.63) is 75.0 Å². The lowest BCUT2D eigenvalue weighted by atomic mass is 10.2. The fraction of sp³-hybridized carbons (Fsp3) is 0.333. The summed E-state index contributed by atoms with van der Waals surface area (Å²) in [6.07, 6.45) is 1.11. The molecule has 0 radical (unpaired) electrons. The van der Waals surface area contributed by atoms with Gasteiger partial charge in [-0.05, 0) is 36.9 Å². The summed E-state index contributed by atoms with van der Waals surface area (Å²) < 4.78 is 1.67. The highest BCUT2D eigenvalue weighted by Gasteiger charge is 2.19. The molecule has 1 saturated heterocycles. The number of hydrogen-bond acceptors (Lipinski definition) is 5. The van der Waals surface area contributed by atoms with E-state index in [-0.39, 0.29) is 5.69 Å². The number of aryl methyl sites for hydroxylation is 1. The molecule has 1 aromatic carbocycles. The average molecular weight is 381 g/mol. The van der Waals surface area contributed by atoms with Crippen LogP contribution in [-0.4, -0.2) is 47.2 Å². The van der Waals surface area contributed by atoms with Crippen molar-refractivity contribution in [2.45, 2.75) is 13.3 Å². The van der Waals surface area contributed by atoms with Crippen LogP contribution >= 0.6 is 11.3 Å². The number of para-hydroxylation sites is 1. The third-order valence-electron chi connectivity index (χ3n) is 5.06. The molecule has 27 heavy (non-hydrogen) atoms. The number of rotatable bonds is 5. The lowest BCUT2D eigenvalue weighted by Gasteiger charge is -2.35. The van der Waals surface area contributed by atoms with Gasteiger partial charge >= 0.3 is 5.69 Å². The van der Waals surface area contributed by atoms with Crippen LogP contribution in [0.5, 0.6) is 0 Å². The van der Waals surface area contributed by atoms with Crippen LogP contribution in [0.1, 0.15) is 10.6 Å². The summed E-state index contributed by atoms with van der Waals surface area (Å²) in [7, 11) is 0. The Balaban J connectivity index is 1.42. The molecule has 4 rings (SSSR count). The molecule has 5 nitrogen and oxygen atoms in total. The van der Waals surface area contributed by atoms with Crippen LogP contribution in [0.2, 0.25) is 0 Å². The van der Waals surface area contributed by atoms with Crippen LogP contribution in [0.25, 0.3) is 5.69 Å². The normalized spacial score (nSPS) is 15.2. The predicted octanol–water partition coefficient (Wildman–Crippen LogP) is 2.97. The second-order valence-electron chi connectivity index (χ2n) is 6.87. The minimum absolute atomic E-state index is 0.212. The number of hydrogen-bond donors (Lipinski definition) is 0. The van der Waals surface area contributed by atoms with Gasteiger partial charge in [-0.3, -0.25) is 9.47 Å².